The predicted molar refractivity (Wildman–Crippen MR) is 75.3 cm³/mol. The van der Waals surface area contributed by atoms with E-state index in [2.05, 4.69) is 0 Å². The molecule has 8 heteroatoms. The van der Waals surface area contributed by atoms with Crippen molar-refractivity contribution < 1.29 is 32.6 Å². The van der Waals surface area contributed by atoms with Crippen molar-refractivity contribution in [3.8, 4) is 0 Å². The van der Waals surface area contributed by atoms with Crippen LogP contribution in [0, 0.1) is 5.92 Å². The minimum atomic E-state index is -4.51. The number of esters is 1. The number of ether oxygens (including phenoxy) is 1. The summed E-state index contributed by atoms with van der Waals surface area (Å²) in [5.74, 6) is -4.27. The highest BCUT2D eigenvalue weighted by atomic mass is 19.4. The number of nitrogens with two attached hydrogens (primary N) is 1. The number of rotatable bonds is 4. The molecule has 3 N–H and O–H groups in total. The summed E-state index contributed by atoms with van der Waals surface area (Å²) in [5, 5.41) is 9.20. The lowest BCUT2D eigenvalue weighted by Gasteiger charge is -2.25. The Hall–Kier alpha value is -2.09. The topological polar surface area (TPSA) is 89.6 Å². The Kier molecular flexibility index (Phi) is 5.42. The number of benzene rings is 1. The van der Waals surface area contributed by atoms with Gasteiger partial charge in [0.15, 0.2) is 5.92 Å². The van der Waals surface area contributed by atoms with Gasteiger partial charge in [0.1, 0.15) is 5.60 Å². The zero-order valence-corrected chi connectivity index (χ0v) is 12.8. The molecule has 2 atom stereocenters. The molecule has 0 aliphatic rings. The van der Waals surface area contributed by atoms with E-state index in [4.69, 9.17) is 10.5 Å². The monoisotopic (exact) mass is 333 g/mol. The molecule has 128 valence electrons. The largest absolute Gasteiger partial charge is 0.481 e. The van der Waals surface area contributed by atoms with Crippen molar-refractivity contribution in [3.05, 3.63) is 35.4 Å². The van der Waals surface area contributed by atoms with E-state index in [1.54, 1.807) is 20.8 Å². The minimum absolute atomic E-state index is 0.0938. The molecule has 0 heterocycles. The molecule has 23 heavy (non-hydrogen) atoms. The quantitative estimate of drug-likeness (QED) is 0.653. The fourth-order valence-electron chi connectivity index (χ4n) is 1.85. The highest BCUT2D eigenvalue weighted by molar-refractivity contribution is 5.95. The Morgan fingerprint density at radius 1 is 1.13 bits per heavy atom. The Labute approximate surface area is 131 Å². The third kappa shape index (κ3) is 5.24. The minimum Gasteiger partial charge on any atom is -0.481 e. The van der Waals surface area contributed by atoms with E-state index in [0.717, 1.165) is 24.3 Å². The molecule has 0 radical (unpaired) electrons. The van der Waals surface area contributed by atoms with Crippen LogP contribution in [0.15, 0.2) is 24.3 Å². The molecule has 5 nitrogen and oxygen atoms in total. The molecule has 0 saturated heterocycles. The van der Waals surface area contributed by atoms with Gasteiger partial charge >= 0.3 is 18.1 Å². The van der Waals surface area contributed by atoms with Crippen molar-refractivity contribution in [2.75, 3.05) is 0 Å². The van der Waals surface area contributed by atoms with Gasteiger partial charge in [0.05, 0.1) is 11.6 Å². The summed E-state index contributed by atoms with van der Waals surface area (Å²) in [6, 6.07) is 2.33. The predicted octanol–water partition coefficient (Wildman–Crippen LogP) is 2.75. The summed E-state index contributed by atoms with van der Waals surface area (Å²) < 4.78 is 42.6. The van der Waals surface area contributed by atoms with Gasteiger partial charge in [0.25, 0.3) is 0 Å². The van der Waals surface area contributed by atoms with Crippen LogP contribution in [-0.4, -0.2) is 22.6 Å². The number of carbonyl (C=O) groups is 2. The SMILES string of the molecule is CC(C)(C)OC(=O)[C@@H](C(=O)O)C(N)c1ccc(C(F)(F)F)cc1. The molecule has 0 aromatic heterocycles. The molecule has 1 aromatic rings. The summed E-state index contributed by atoms with van der Waals surface area (Å²) in [7, 11) is 0. The summed E-state index contributed by atoms with van der Waals surface area (Å²) in [6.45, 7) is 4.69. The molecule has 0 amide bonds. The van der Waals surface area contributed by atoms with Crippen LogP contribution >= 0.6 is 0 Å². The van der Waals surface area contributed by atoms with E-state index < -0.39 is 41.2 Å². The van der Waals surface area contributed by atoms with Gasteiger partial charge in [-0.15, -0.1) is 0 Å². The van der Waals surface area contributed by atoms with Crippen molar-refractivity contribution in [3.63, 3.8) is 0 Å². The number of carbonyl (C=O) groups excluding carboxylic acids is 1. The number of carboxylic acids is 1. The first-order chi connectivity index (χ1) is 10.3. The maximum atomic E-state index is 12.5. The first-order valence-corrected chi connectivity index (χ1v) is 6.71. The number of hydrogen-bond acceptors (Lipinski definition) is 4. The molecule has 1 rings (SSSR count). The lowest BCUT2D eigenvalue weighted by Crippen LogP contribution is -2.39. The number of alkyl halides is 3. The van der Waals surface area contributed by atoms with Gasteiger partial charge in [0.2, 0.25) is 0 Å². The van der Waals surface area contributed by atoms with Crippen LogP contribution in [0.25, 0.3) is 0 Å². The zero-order valence-electron chi connectivity index (χ0n) is 12.8. The van der Waals surface area contributed by atoms with E-state index in [1.165, 1.54) is 0 Å². The summed E-state index contributed by atoms with van der Waals surface area (Å²) in [6.07, 6.45) is -4.51. The second-order valence-corrected chi connectivity index (χ2v) is 5.99. The number of aliphatic carboxylic acids is 1. The van der Waals surface area contributed by atoms with Gasteiger partial charge < -0.3 is 15.6 Å². The molecule has 0 aliphatic carbocycles. The summed E-state index contributed by atoms with van der Waals surface area (Å²) in [4.78, 5) is 23.3. The first-order valence-electron chi connectivity index (χ1n) is 6.71. The normalized spacial score (nSPS) is 14.9. The third-order valence-corrected chi connectivity index (χ3v) is 2.91. The van der Waals surface area contributed by atoms with Crippen LogP contribution in [0.1, 0.15) is 37.9 Å². The zero-order chi connectivity index (χ0) is 18.0. The maximum absolute atomic E-state index is 12.5. The van der Waals surface area contributed by atoms with Crippen molar-refractivity contribution in [1.82, 2.24) is 0 Å². The van der Waals surface area contributed by atoms with E-state index in [0.29, 0.717) is 0 Å². The number of hydrogen-bond donors (Lipinski definition) is 2. The first kappa shape index (κ1) is 19.0. The number of carboxylic acid groups (broad SMARTS) is 1. The molecule has 0 aliphatic heterocycles. The van der Waals surface area contributed by atoms with E-state index in [-0.39, 0.29) is 5.56 Å². The lowest BCUT2D eigenvalue weighted by molar-refractivity contribution is -0.167. The lowest BCUT2D eigenvalue weighted by atomic mass is 9.93. The van der Waals surface area contributed by atoms with E-state index in [1.807, 2.05) is 0 Å². The second-order valence-electron chi connectivity index (χ2n) is 5.99. The highest BCUT2D eigenvalue weighted by Crippen LogP contribution is 2.31. The summed E-state index contributed by atoms with van der Waals surface area (Å²) in [5.41, 5.74) is 4.05. The Balaban J connectivity index is 3.05. The van der Waals surface area contributed by atoms with Gasteiger partial charge in [-0.25, -0.2) is 0 Å². The standard InChI is InChI=1S/C15H18F3NO4/c1-14(2,3)23-13(22)10(12(20)21)11(19)8-4-6-9(7-5-8)15(16,17)18/h4-7,10-11H,19H2,1-3H3,(H,20,21)/t10-,11?/m1/s1. The van der Waals surface area contributed by atoms with Crippen LogP contribution in [0.4, 0.5) is 13.2 Å². The fourth-order valence-corrected chi connectivity index (χ4v) is 1.85. The van der Waals surface area contributed by atoms with Crippen LogP contribution in [0.5, 0.6) is 0 Å². The van der Waals surface area contributed by atoms with Crippen LogP contribution in [0.2, 0.25) is 0 Å². The maximum Gasteiger partial charge on any atom is 0.416 e. The average Bonchev–Trinajstić information content (AvgIpc) is 2.35. The van der Waals surface area contributed by atoms with Gasteiger partial charge in [-0.3, -0.25) is 9.59 Å². The summed E-state index contributed by atoms with van der Waals surface area (Å²) >= 11 is 0. The van der Waals surface area contributed by atoms with Gasteiger partial charge in [-0.05, 0) is 38.5 Å². The molecular weight excluding hydrogens is 315 g/mol. The molecule has 0 fully saturated rings. The molecule has 0 bridgehead atoms. The van der Waals surface area contributed by atoms with Gasteiger partial charge in [-0.2, -0.15) is 13.2 Å². The van der Waals surface area contributed by atoms with Gasteiger partial charge in [0, 0.05) is 0 Å². The Bertz CT molecular complexity index is 576. The van der Waals surface area contributed by atoms with Crippen LogP contribution < -0.4 is 5.73 Å². The van der Waals surface area contributed by atoms with Crippen molar-refractivity contribution in [1.29, 1.82) is 0 Å². The van der Waals surface area contributed by atoms with Crippen molar-refractivity contribution in [2.24, 2.45) is 11.7 Å². The van der Waals surface area contributed by atoms with Crippen LogP contribution in [-0.2, 0) is 20.5 Å². The second kappa shape index (κ2) is 6.57. The fraction of sp³-hybridized carbons (Fsp3) is 0.467. The van der Waals surface area contributed by atoms with Gasteiger partial charge in [-0.1, -0.05) is 12.1 Å². The Morgan fingerprint density at radius 3 is 1.96 bits per heavy atom. The van der Waals surface area contributed by atoms with Crippen molar-refractivity contribution >= 4 is 11.9 Å². The number of halogens is 3. The third-order valence-electron chi connectivity index (χ3n) is 2.91. The molecule has 0 spiro atoms. The van der Waals surface area contributed by atoms with Crippen LogP contribution in [0.3, 0.4) is 0 Å². The molecule has 1 unspecified atom stereocenters. The Morgan fingerprint density at radius 2 is 1.61 bits per heavy atom. The highest BCUT2D eigenvalue weighted by Gasteiger charge is 2.37. The smallest absolute Gasteiger partial charge is 0.416 e. The van der Waals surface area contributed by atoms with Crippen molar-refractivity contribution in [2.45, 2.75) is 38.6 Å². The molecular formula is C15H18F3NO4. The average molecular weight is 333 g/mol. The molecule has 0 saturated carbocycles. The van der Waals surface area contributed by atoms with E-state index >= 15 is 0 Å². The molecule has 1 aromatic carbocycles. The van der Waals surface area contributed by atoms with E-state index in [9.17, 15) is 27.9 Å².